The van der Waals surface area contributed by atoms with Crippen molar-refractivity contribution in [2.24, 2.45) is 0 Å². The summed E-state index contributed by atoms with van der Waals surface area (Å²) in [5, 5.41) is 21.7. The van der Waals surface area contributed by atoms with Gasteiger partial charge in [-0.3, -0.25) is 0 Å². The highest BCUT2D eigenvalue weighted by Crippen LogP contribution is 2.39. The molecule has 0 saturated carbocycles. The van der Waals surface area contributed by atoms with E-state index in [-0.39, 0.29) is 10.6 Å². The summed E-state index contributed by atoms with van der Waals surface area (Å²) >= 11 is 6.37. The molecule has 0 amide bonds. The third kappa shape index (κ3) is 3.09. The first-order chi connectivity index (χ1) is 14.0. The zero-order valence-corrected chi connectivity index (χ0v) is 16.5. The molecule has 0 bridgehead atoms. The molecule has 0 aliphatic rings. The molecule has 0 radical (unpaired) electrons. The van der Waals surface area contributed by atoms with Crippen molar-refractivity contribution >= 4 is 28.6 Å². The monoisotopic (exact) mass is 406 g/mol. The summed E-state index contributed by atoms with van der Waals surface area (Å²) in [7, 11) is 0. The molecule has 29 heavy (non-hydrogen) atoms. The largest absolute Gasteiger partial charge is 0.478 e. The van der Waals surface area contributed by atoms with E-state index in [0.29, 0.717) is 34.5 Å². The van der Waals surface area contributed by atoms with Crippen molar-refractivity contribution in [1.29, 1.82) is 0 Å². The minimum Gasteiger partial charge on any atom is -0.478 e. The average Bonchev–Trinajstić information content (AvgIpc) is 3.14. The number of nitrogens with zero attached hydrogens (tertiary/aromatic N) is 2. The number of halogens is 1. The fourth-order valence-corrected chi connectivity index (χ4v) is 3.94. The zero-order valence-electron chi connectivity index (χ0n) is 15.7. The van der Waals surface area contributed by atoms with E-state index in [1.165, 1.54) is 6.07 Å². The van der Waals surface area contributed by atoms with Crippen LogP contribution < -0.4 is 0 Å². The van der Waals surface area contributed by atoms with E-state index >= 15 is 0 Å². The predicted molar refractivity (Wildman–Crippen MR) is 112 cm³/mol. The maximum Gasteiger partial charge on any atom is 0.335 e. The number of hydrogen-bond acceptors (Lipinski definition) is 3. The van der Waals surface area contributed by atoms with Crippen molar-refractivity contribution in [2.75, 3.05) is 0 Å². The van der Waals surface area contributed by atoms with E-state index in [1.54, 1.807) is 6.07 Å². The van der Waals surface area contributed by atoms with Gasteiger partial charge >= 0.3 is 5.97 Å². The van der Waals surface area contributed by atoms with Crippen molar-refractivity contribution in [3.8, 4) is 0 Å². The smallest absolute Gasteiger partial charge is 0.335 e. The van der Waals surface area contributed by atoms with E-state index in [2.05, 4.69) is 0 Å². The molecule has 0 spiro atoms. The third-order valence-electron chi connectivity index (χ3n) is 5.08. The topological polar surface area (TPSA) is 75.3 Å². The minimum absolute atomic E-state index is 0.0756. The van der Waals surface area contributed by atoms with Gasteiger partial charge < -0.3 is 14.8 Å². The fourth-order valence-electron chi connectivity index (χ4n) is 3.68. The Morgan fingerprint density at radius 2 is 1.59 bits per heavy atom. The molecule has 2 N–H and O–H groups in total. The van der Waals surface area contributed by atoms with E-state index in [4.69, 9.17) is 16.6 Å². The number of aliphatic hydroxyl groups is 1. The van der Waals surface area contributed by atoms with Gasteiger partial charge in [0.1, 0.15) is 5.52 Å². The number of aryl methyl sites for hydroxylation is 1. The lowest BCUT2D eigenvalue weighted by molar-refractivity contribution is 0.0697. The van der Waals surface area contributed by atoms with Gasteiger partial charge in [0.15, 0.2) is 11.4 Å². The Bertz CT molecular complexity index is 1150. The summed E-state index contributed by atoms with van der Waals surface area (Å²) < 4.78 is 1.81. The Balaban J connectivity index is 2.09. The molecule has 4 aromatic rings. The third-order valence-corrected chi connectivity index (χ3v) is 5.37. The van der Waals surface area contributed by atoms with Crippen LogP contribution in [-0.4, -0.2) is 25.7 Å². The number of carboxylic acids is 1. The molecular formula is C23H19ClN2O3. The van der Waals surface area contributed by atoms with Gasteiger partial charge in [-0.15, -0.1) is 0 Å². The number of aromatic nitrogens is 2. The van der Waals surface area contributed by atoms with Crippen LogP contribution in [0.15, 0.2) is 72.8 Å². The molecule has 1 heterocycles. The number of imidazole rings is 1. The summed E-state index contributed by atoms with van der Waals surface area (Å²) in [6, 6.07) is 21.5. The second-order valence-electron chi connectivity index (χ2n) is 6.75. The van der Waals surface area contributed by atoms with Crippen LogP contribution in [-0.2, 0) is 12.1 Å². The van der Waals surface area contributed by atoms with Crippen LogP contribution in [0.1, 0.15) is 34.2 Å². The predicted octanol–water partition coefficient (Wildman–Crippen LogP) is 4.69. The van der Waals surface area contributed by atoms with Crippen molar-refractivity contribution in [3.63, 3.8) is 0 Å². The number of carbonyl (C=O) groups is 1. The standard InChI is InChI=1S/C23H19ClN2O3/c1-2-26-19-14-15(21(27)28)13-18(24)20(19)25-22(26)23(29,16-9-5-3-6-10-16)17-11-7-4-8-12-17/h3-14,29H,2H2,1H3,(H,27,28). The molecule has 0 saturated heterocycles. The molecule has 0 atom stereocenters. The van der Waals surface area contributed by atoms with Crippen LogP contribution in [0.3, 0.4) is 0 Å². The average molecular weight is 407 g/mol. The molecule has 5 nitrogen and oxygen atoms in total. The molecule has 146 valence electrons. The van der Waals surface area contributed by atoms with Crippen molar-refractivity contribution in [1.82, 2.24) is 9.55 Å². The fraction of sp³-hybridized carbons (Fsp3) is 0.130. The molecule has 3 aromatic carbocycles. The van der Waals surface area contributed by atoms with Gasteiger partial charge in [-0.1, -0.05) is 72.3 Å². The number of benzene rings is 3. The van der Waals surface area contributed by atoms with Crippen LogP contribution >= 0.6 is 11.6 Å². The quantitative estimate of drug-likeness (QED) is 0.504. The van der Waals surface area contributed by atoms with Crippen LogP contribution in [0.25, 0.3) is 11.0 Å². The lowest BCUT2D eigenvalue weighted by atomic mass is 9.85. The van der Waals surface area contributed by atoms with Gasteiger partial charge in [-0.2, -0.15) is 0 Å². The molecule has 4 rings (SSSR count). The first kappa shape index (κ1) is 19.2. The Labute approximate surface area is 172 Å². The molecule has 6 heteroatoms. The number of hydrogen-bond donors (Lipinski definition) is 2. The highest BCUT2D eigenvalue weighted by atomic mass is 35.5. The summed E-state index contributed by atoms with van der Waals surface area (Å²) in [5.74, 6) is -0.683. The second-order valence-corrected chi connectivity index (χ2v) is 7.16. The summed E-state index contributed by atoms with van der Waals surface area (Å²) in [6.45, 7) is 2.40. The van der Waals surface area contributed by atoms with E-state index < -0.39 is 11.6 Å². The van der Waals surface area contributed by atoms with E-state index in [9.17, 15) is 15.0 Å². The van der Waals surface area contributed by atoms with Gasteiger partial charge in [-0.25, -0.2) is 9.78 Å². The Hall–Kier alpha value is -3.15. The maximum atomic E-state index is 12.1. The summed E-state index contributed by atoms with van der Waals surface area (Å²) in [4.78, 5) is 16.2. The molecule has 0 unspecified atom stereocenters. The van der Waals surface area contributed by atoms with Crippen LogP contribution in [0.2, 0.25) is 5.02 Å². The van der Waals surface area contributed by atoms with Gasteiger partial charge in [-0.05, 0) is 30.2 Å². The number of aromatic carboxylic acids is 1. The van der Waals surface area contributed by atoms with Crippen LogP contribution in [0, 0.1) is 0 Å². The molecular weight excluding hydrogens is 388 g/mol. The van der Waals surface area contributed by atoms with Gasteiger partial charge in [0.05, 0.1) is 16.1 Å². The highest BCUT2D eigenvalue weighted by molar-refractivity contribution is 6.35. The lowest BCUT2D eigenvalue weighted by Crippen LogP contribution is -2.32. The van der Waals surface area contributed by atoms with Crippen LogP contribution in [0.4, 0.5) is 0 Å². The molecule has 0 aliphatic heterocycles. The number of carboxylic acid groups (broad SMARTS) is 1. The Kier molecular flexibility index (Phi) is 4.86. The highest BCUT2D eigenvalue weighted by Gasteiger charge is 2.39. The van der Waals surface area contributed by atoms with Gasteiger partial charge in [0.25, 0.3) is 0 Å². The van der Waals surface area contributed by atoms with Crippen molar-refractivity contribution < 1.29 is 15.0 Å². The Morgan fingerprint density at radius 3 is 2.07 bits per heavy atom. The first-order valence-electron chi connectivity index (χ1n) is 9.23. The normalized spacial score (nSPS) is 11.7. The summed E-state index contributed by atoms with van der Waals surface area (Å²) in [6.07, 6.45) is 0. The number of fused-ring (bicyclic) bond motifs is 1. The van der Waals surface area contributed by atoms with Gasteiger partial charge in [0.2, 0.25) is 0 Å². The molecule has 0 aliphatic carbocycles. The maximum absolute atomic E-state index is 12.1. The second kappa shape index (κ2) is 7.35. The van der Waals surface area contributed by atoms with Crippen molar-refractivity contribution in [2.45, 2.75) is 19.1 Å². The molecule has 1 aromatic heterocycles. The summed E-state index contributed by atoms with van der Waals surface area (Å²) in [5.41, 5.74) is 0.879. The van der Waals surface area contributed by atoms with Crippen molar-refractivity contribution in [3.05, 3.63) is 100 Å². The minimum atomic E-state index is -1.54. The number of rotatable bonds is 5. The zero-order chi connectivity index (χ0) is 20.6. The Morgan fingerprint density at radius 1 is 1.03 bits per heavy atom. The van der Waals surface area contributed by atoms with E-state index in [0.717, 1.165) is 0 Å². The van der Waals surface area contributed by atoms with Gasteiger partial charge in [0, 0.05) is 6.54 Å². The lowest BCUT2D eigenvalue weighted by Gasteiger charge is -2.29. The molecule has 0 fully saturated rings. The van der Waals surface area contributed by atoms with E-state index in [1.807, 2.05) is 72.2 Å². The SMILES string of the molecule is CCn1c(C(O)(c2ccccc2)c2ccccc2)nc2c(Cl)cc(C(=O)O)cc21. The first-order valence-corrected chi connectivity index (χ1v) is 9.61. The van der Waals surface area contributed by atoms with Crippen LogP contribution in [0.5, 0.6) is 0 Å².